The lowest BCUT2D eigenvalue weighted by Crippen LogP contribution is -2.48. The largest absolute Gasteiger partial charge is 0.327 e. The van der Waals surface area contributed by atoms with E-state index in [0.29, 0.717) is 6.04 Å². The van der Waals surface area contributed by atoms with Crippen molar-refractivity contribution in [2.24, 2.45) is 5.73 Å². The number of rotatable bonds is 3. The second kappa shape index (κ2) is 6.18. The predicted molar refractivity (Wildman–Crippen MR) is 80.6 cm³/mol. The van der Waals surface area contributed by atoms with Gasteiger partial charge < -0.3 is 5.73 Å². The lowest BCUT2D eigenvalue weighted by molar-refractivity contribution is 0.123. The monoisotopic (exact) mass is 310 g/mol. The Balaban J connectivity index is 2.08. The summed E-state index contributed by atoms with van der Waals surface area (Å²) in [5, 5.41) is 0. The van der Waals surface area contributed by atoms with Crippen LogP contribution >= 0.6 is 15.9 Å². The minimum Gasteiger partial charge on any atom is -0.327 e. The molecule has 2 atom stereocenters. The first-order valence-corrected chi connectivity index (χ1v) is 7.62. The van der Waals surface area contributed by atoms with Crippen LogP contribution in [0.5, 0.6) is 0 Å². The molecule has 2 unspecified atom stereocenters. The van der Waals surface area contributed by atoms with Gasteiger partial charge in [0.25, 0.3) is 0 Å². The molecule has 0 radical (unpaired) electrons. The van der Waals surface area contributed by atoms with Crippen molar-refractivity contribution >= 4 is 15.9 Å². The van der Waals surface area contributed by atoms with Crippen LogP contribution in [0.2, 0.25) is 0 Å². The molecule has 1 aromatic carbocycles. The van der Waals surface area contributed by atoms with Gasteiger partial charge in [-0.25, -0.2) is 0 Å². The fourth-order valence-corrected chi connectivity index (χ4v) is 3.09. The van der Waals surface area contributed by atoms with Gasteiger partial charge >= 0.3 is 0 Å². The number of benzene rings is 1. The highest BCUT2D eigenvalue weighted by atomic mass is 79.9. The minimum atomic E-state index is 0.266. The van der Waals surface area contributed by atoms with Crippen LogP contribution < -0.4 is 5.73 Å². The van der Waals surface area contributed by atoms with E-state index in [9.17, 15) is 0 Å². The minimum absolute atomic E-state index is 0.266. The van der Waals surface area contributed by atoms with Crippen molar-refractivity contribution < 1.29 is 0 Å². The number of nitrogens with zero attached hydrogens (tertiary/aromatic N) is 1. The topological polar surface area (TPSA) is 29.3 Å². The molecule has 0 saturated carbocycles. The number of hydrogen-bond acceptors (Lipinski definition) is 2. The highest BCUT2D eigenvalue weighted by molar-refractivity contribution is 9.10. The first kappa shape index (κ1) is 14.0. The van der Waals surface area contributed by atoms with Gasteiger partial charge in [-0.05, 0) is 50.4 Å². The molecule has 2 rings (SSSR count). The van der Waals surface area contributed by atoms with Crippen molar-refractivity contribution in [2.45, 2.75) is 51.7 Å². The predicted octanol–water partition coefficient (Wildman–Crippen LogP) is 3.46. The third-order valence-corrected chi connectivity index (χ3v) is 4.77. The van der Waals surface area contributed by atoms with Gasteiger partial charge in [-0.15, -0.1) is 0 Å². The van der Waals surface area contributed by atoms with Crippen LogP contribution in [-0.4, -0.2) is 23.5 Å². The zero-order chi connectivity index (χ0) is 13.1. The maximum atomic E-state index is 6.12. The average Bonchev–Trinajstić information content (AvgIpc) is 2.34. The van der Waals surface area contributed by atoms with Gasteiger partial charge in [0.2, 0.25) is 0 Å². The number of likely N-dealkylation sites (tertiary alicyclic amines) is 1. The van der Waals surface area contributed by atoms with Crippen LogP contribution in [0.4, 0.5) is 0 Å². The van der Waals surface area contributed by atoms with Crippen LogP contribution in [-0.2, 0) is 6.54 Å². The van der Waals surface area contributed by atoms with E-state index in [0.717, 1.165) is 6.54 Å². The summed E-state index contributed by atoms with van der Waals surface area (Å²) in [6, 6.07) is 7.45. The molecule has 18 heavy (non-hydrogen) atoms. The lowest BCUT2D eigenvalue weighted by atomic mass is 9.96. The Labute approximate surface area is 119 Å². The van der Waals surface area contributed by atoms with Crippen LogP contribution in [0.3, 0.4) is 0 Å². The van der Waals surface area contributed by atoms with E-state index < -0.39 is 0 Å². The van der Waals surface area contributed by atoms with E-state index in [1.807, 2.05) is 0 Å². The summed E-state index contributed by atoms with van der Waals surface area (Å²) >= 11 is 3.56. The van der Waals surface area contributed by atoms with Crippen LogP contribution in [0.15, 0.2) is 22.7 Å². The van der Waals surface area contributed by atoms with Crippen molar-refractivity contribution in [1.29, 1.82) is 0 Å². The number of aryl methyl sites for hydroxylation is 1. The maximum Gasteiger partial charge on any atom is 0.0248 e. The molecule has 1 aliphatic rings. The second-order valence-electron chi connectivity index (χ2n) is 5.48. The zero-order valence-electron chi connectivity index (χ0n) is 11.3. The molecular weight excluding hydrogens is 288 g/mol. The quantitative estimate of drug-likeness (QED) is 0.926. The van der Waals surface area contributed by atoms with E-state index in [2.05, 4.69) is 52.9 Å². The summed E-state index contributed by atoms with van der Waals surface area (Å²) in [6.07, 6.45) is 3.87. The molecule has 0 spiro atoms. The molecule has 100 valence electrons. The molecule has 3 heteroatoms. The van der Waals surface area contributed by atoms with Crippen LogP contribution in [0.1, 0.15) is 37.3 Å². The molecule has 0 aromatic heterocycles. The molecule has 2 nitrogen and oxygen atoms in total. The lowest BCUT2D eigenvalue weighted by Gasteiger charge is -2.38. The molecular formula is C15H23BrN2. The van der Waals surface area contributed by atoms with Crippen molar-refractivity contribution in [3.05, 3.63) is 33.8 Å². The molecule has 0 aliphatic carbocycles. The van der Waals surface area contributed by atoms with Gasteiger partial charge in [0, 0.05) is 23.1 Å². The Bertz CT molecular complexity index is 403. The Morgan fingerprint density at radius 3 is 2.89 bits per heavy atom. The van der Waals surface area contributed by atoms with Crippen LogP contribution in [0, 0.1) is 6.92 Å². The van der Waals surface area contributed by atoms with Crippen molar-refractivity contribution in [2.75, 3.05) is 6.54 Å². The van der Waals surface area contributed by atoms with Gasteiger partial charge in [0.1, 0.15) is 0 Å². The summed E-state index contributed by atoms with van der Waals surface area (Å²) in [5.41, 5.74) is 8.82. The highest BCUT2D eigenvalue weighted by Gasteiger charge is 2.25. The summed E-state index contributed by atoms with van der Waals surface area (Å²) in [7, 11) is 0. The smallest absolute Gasteiger partial charge is 0.0248 e. The fraction of sp³-hybridized carbons (Fsp3) is 0.600. The second-order valence-corrected chi connectivity index (χ2v) is 6.33. The van der Waals surface area contributed by atoms with E-state index >= 15 is 0 Å². The Morgan fingerprint density at radius 1 is 1.44 bits per heavy atom. The van der Waals surface area contributed by atoms with Crippen molar-refractivity contribution in [1.82, 2.24) is 4.90 Å². The molecule has 1 fully saturated rings. The Hall–Kier alpha value is -0.380. The summed E-state index contributed by atoms with van der Waals surface area (Å²) in [6.45, 7) is 6.49. The van der Waals surface area contributed by atoms with E-state index in [1.165, 1.54) is 41.4 Å². The normalized spacial score (nSPS) is 23.0. The van der Waals surface area contributed by atoms with Gasteiger partial charge in [0.15, 0.2) is 0 Å². The Kier molecular flexibility index (Phi) is 4.82. The third-order valence-electron chi connectivity index (χ3n) is 3.88. The van der Waals surface area contributed by atoms with Gasteiger partial charge in [-0.1, -0.05) is 34.5 Å². The molecule has 2 N–H and O–H groups in total. The highest BCUT2D eigenvalue weighted by Crippen LogP contribution is 2.23. The van der Waals surface area contributed by atoms with E-state index in [-0.39, 0.29) is 6.04 Å². The third kappa shape index (κ3) is 3.34. The average molecular weight is 311 g/mol. The van der Waals surface area contributed by atoms with Crippen molar-refractivity contribution in [3.63, 3.8) is 0 Å². The molecule has 1 saturated heterocycles. The van der Waals surface area contributed by atoms with Crippen molar-refractivity contribution in [3.8, 4) is 0 Å². The SMILES string of the molecule is Cc1cc(CN2CCCCC2C(C)N)ccc1Br. The van der Waals surface area contributed by atoms with E-state index in [4.69, 9.17) is 5.73 Å². The number of halogens is 1. The zero-order valence-corrected chi connectivity index (χ0v) is 12.9. The fourth-order valence-electron chi connectivity index (χ4n) is 2.85. The first-order chi connectivity index (χ1) is 8.58. The maximum absolute atomic E-state index is 6.12. The molecule has 0 bridgehead atoms. The number of nitrogens with two attached hydrogens (primary N) is 1. The standard InChI is InChI=1S/C15H23BrN2/c1-11-9-13(6-7-14(11)16)10-18-8-4-3-5-15(18)12(2)17/h6-7,9,12,15H,3-5,8,10,17H2,1-2H3. The molecule has 1 aliphatic heterocycles. The number of hydrogen-bond donors (Lipinski definition) is 1. The Morgan fingerprint density at radius 2 is 2.22 bits per heavy atom. The van der Waals surface area contributed by atoms with Gasteiger partial charge in [-0.2, -0.15) is 0 Å². The van der Waals surface area contributed by atoms with Gasteiger partial charge in [0.05, 0.1) is 0 Å². The first-order valence-electron chi connectivity index (χ1n) is 6.82. The summed E-state index contributed by atoms with van der Waals surface area (Å²) in [4.78, 5) is 2.55. The summed E-state index contributed by atoms with van der Waals surface area (Å²) < 4.78 is 1.19. The van der Waals surface area contributed by atoms with Crippen LogP contribution in [0.25, 0.3) is 0 Å². The molecule has 0 amide bonds. The summed E-state index contributed by atoms with van der Waals surface area (Å²) in [5.74, 6) is 0. The number of piperidine rings is 1. The van der Waals surface area contributed by atoms with E-state index in [1.54, 1.807) is 0 Å². The molecule has 1 aromatic rings. The van der Waals surface area contributed by atoms with Gasteiger partial charge in [-0.3, -0.25) is 4.90 Å². The molecule has 1 heterocycles.